The van der Waals surface area contributed by atoms with E-state index in [1.807, 2.05) is 41.1 Å². The van der Waals surface area contributed by atoms with Gasteiger partial charge in [0.05, 0.1) is 17.0 Å². The minimum atomic E-state index is -0.0998. The monoisotopic (exact) mass is 324 g/mol. The first-order chi connectivity index (χ1) is 10.7. The van der Waals surface area contributed by atoms with Gasteiger partial charge in [0.25, 0.3) is 0 Å². The number of hydrogen-bond acceptors (Lipinski definition) is 4. The third kappa shape index (κ3) is 3.42. The van der Waals surface area contributed by atoms with Crippen LogP contribution in [0, 0.1) is 12.3 Å². The zero-order valence-electron chi connectivity index (χ0n) is 11.6. The van der Waals surface area contributed by atoms with Crippen LogP contribution in [0.3, 0.4) is 0 Å². The molecule has 0 saturated heterocycles. The van der Waals surface area contributed by atoms with Crippen LogP contribution in [0.25, 0.3) is 9.88 Å². The Labute approximate surface area is 136 Å². The highest BCUT2D eigenvalue weighted by Crippen LogP contribution is 2.27. The maximum atomic E-state index is 12.1. The second-order valence-electron chi connectivity index (χ2n) is 4.57. The third-order valence-electron chi connectivity index (χ3n) is 2.94. The number of hydrogen-bond donors (Lipinski definition) is 1. The number of nitrogens with zero attached hydrogens (tertiary/aromatic N) is 1. The molecule has 3 aromatic rings. The summed E-state index contributed by atoms with van der Waals surface area (Å²) in [6, 6.07) is 11.3. The normalized spacial score (nSPS) is 10.1. The molecule has 1 N–H and O–H groups in total. The molecule has 2 heterocycles. The molecule has 0 bridgehead atoms. The predicted molar refractivity (Wildman–Crippen MR) is 92.1 cm³/mol. The lowest BCUT2D eigenvalue weighted by Crippen LogP contribution is -2.14. The molecule has 22 heavy (non-hydrogen) atoms. The average Bonchev–Trinajstić information content (AvgIpc) is 3.18. The molecule has 0 saturated carbocycles. The van der Waals surface area contributed by atoms with Crippen LogP contribution >= 0.6 is 22.7 Å². The standard InChI is InChI=1S/C17H12N2OS2/c1-2-12-5-3-6-13(9-12)18-16(20)10-14-11-22-17(19-14)15-7-4-8-21-15/h1,3-9,11H,10H2,(H,18,20). The summed E-state index contributed by atoms with van der Waals surface area (Å²) in [5.74, 6) is 2.45. The van der Waals surface area contributed by atoms with E-state index in [-0.39, 0.29) is 12.3 Å². The second kappa shape index (κ2) is 6.56. The van der Waals surface area contributed by atoms with Crippen LogP contribution in [0.1, 0.15) is 11.3 Å². The maximum Gasteiger partial charge on any atom is 0.230 e. The lowest BCUT2D eigenvalue weighted by atomic mass is 10.2. The van der Waals surface area contributed by atoms with E-state index in [2.05, 4.69) is 16.2 Å². The second-order valence-corrected chi connectivity index (χ2v) is 6.38. The first-order valence-corrected chi connectivity index (χ1v) is 8.35. The summed E-state index contributed by atoms with van der Waals surface area (Å²) in [7, 11) is 0. The van der Waals surface area contributed by atoms with Crippen molar-refractivity contribution in [3.63, 3.8) is 0 Å². The number of thiazole rings is 1. The van der Waals surface area contributed by atoms with Gasteiger partial charge in [-0.2, -0.15) is 0 Å². The highest BCUT2D eigenvalue weighted by molar-refractivity contribution is 7.20. The van der Waals surface area contributed by atoms with Crippen molar-refractivity contribution >= 4 is 34.3 Å². The van der Waals surface area contributed by atoms with Gasteiger partial charge < -0.3 is 5.32 Å². The molecule has 0 aliphatic heterocycles. The number of nitrogens with one attached hydrogen (secondary N) is 1. The van der Waals surface area contributed by atoms with Gasteiger partial charge in [0.15, 0.2) is 0 Å². The van der Waals surface area contributed by atoms with Crippen LogP contribution in [0.15, 0.2) is 47.2 Å². The molecule has 0 atom stereocenters. The largest absolute Gasteiger partial charge is 0.326 e. The Balaban J connectivity index is 1.66. The van der Waals surface area contributed by atoms with Crippen LogP contribution < -0.4 is 5.32 Å². The number of thiophene rings is 1. The maximum absolute atomic E-state index is 12.1. The topological polar surface area (TPSA) is 42.0 Å². The Morgan fingerprint density at radius 1 is 1.27 bits per heavy atom. The molecule has 0 spiro atoms. The Bertz CT molecular complexity index is 828. The number of carbonyl (C=O) groups is 1. The van der Waals surface area contributed by atoms with Crippen molar-refractivity contribution in [2.24, 2.45) is 0 Å². The van der Waals surface area contributed by atoms with Gasteiger partial charge in [0.2, 0.25) is 5.91 Å². The molecular formula is C17H12N2OS2. The highest BCUT2D eigenvalue weighted by atomic mass is 32.1. The highest BCUT2D eigenvalue weighted by Gasteiger charge is 2.10. The van der Waals surface area contributed by atoms with Crippen molar-refractivity contribution in [3.8, 4) is 22.2 Å². The molecule has 1 amide bonds. The number of rotatable bonds is 4. The molecule has 0 aliphatic rings. The molecule has 2 aromatic heterocycles. The van der Waals surface area contributed by atoms with Crippen molar-refractivity contribution < 1.29 is 4.79 Å². The van der Waals surface area contributed by atoms with Gasteiger partial charge in [-0.1, -0.05) is 18.1 Å². The summed E-state index contributed by atoms with van der Waals surface area (Å²) in [6.07, 6.45) is 5.60. The first-order valence-electron chi connectivity index (χ1n) is 6.59. The quantitative estimate of drug-likeness (QED) is 0.736. The minimum absolute atomic E-state index is 0.0998. The molecule has 0 aliphatic carbocycles. The van der Waals surface area contributed by atoms with Crippen LogP contribution in [0.4, 0.5) is 5.69 Å². The number of amides is 1. The fourth-order valence-electron chi connectivity index (χ4n) is 1.96. The van der Waals surface area contributed by atoms with E-state index < -0.39 is 0 Å². The van der Waals surface area contributed by atoms with Crippen molar-refractivity contribution in [3.05, 3.63) is 58.4 Å². The summed E-state index contributed by atoms with van der Waals surface area (Å²) in [6.45, 7) is 0. The van der Waals surface area contributed by atoms with E-state index in [0.717, 1.165) is 21.1 Å². The fourth-order valence-corrected chi connectivity index (χ4v) is 3.59. The molecular weight excluding hydrogens is 312 g/mol. The zero-order chi connectivity index (χ0) is 15.4. The van der Waals surface area contributed by atoms with Crippen LogP contribution in [0.2, 0.25) is 0 Å². The van der Waals surface area contributed by atoms with Crippen LogP contribution in [-0.4, -0.2) is 10.9 Å². The number of anilines is 1. The smallest absolute Gasteiger partial charge is 0.230 e. The lowest BCUT2D eigenvalue weighted by Gasteiger charge is -2.04. The van der Waals surface area contributed by atoms with E-state index in [0.29, 0.717) is 5.69 Å². The van der Waals surface area contributed by atoms with Crippen molar-refractivity contribution in [2.75, 3.05) is 5.32 Å². The van der Waals surface area contributed by atoms with Crippen molar-refractivity contribution in [2.45, 2.75) is 6.42 Å². The Morgan fingerprint density at radius 3 is 2.95 bits per heavy atom. The minimum Gasteiger partial charge on any atom is -0.326 e. The van der Waals surface area contributed by atoms with Crippen LogP contribution in [0.5, 0.6) is 0 Å². The molecule has 108 valence electrons. The molecule has 0 fully saturated rings. The van der Waals surface area contributed by atoms with Crippen LogP contribution in [-0.2, 0) is 11.2 Å². The zero-order valence-corrected chi connectivity index (χ0v) is 13.2. The molecule has 3 rings (SSSR count). The summed E-state index contributed by atoms with van der Waals surface area (Å²) >= 11 is 3.20. The van der Waals surface area contributed by atoms with E-state index in [4.69, 9.17) is 6.42 Å². The van der Waals surface area contributed by atoms with E-state index >= 15 is 0 Å². The first kappa shape index (κ1) is 14.5. The number of aromatic nitrogens is 1. The Hall–Kier alpha value is -2.42. The summed E-state index contributed by atoms with van der Waals surface area (Å²) in [4.78, 5) is 17.7. The predicted octanol–water partition coefficient (Wildman–Crippen LogP) is 4.03. The van der Waals surface area contributed by atoms with E-state index in [1.165, 1.54) is 0 Å². The lowest BCUT2D eigenvalue weighted by molar-refractivity contribution is -0.115. The van der Waals surface area contributed by atoms with E-state index in [9.17, 15) is 4.79 Å². The number of carbonyl (C=O) groups excluding carboxylic acids is 1. The Kier molecular flexibility index (Phi) is 4.33. The van der Waals surface area contributed by atoms with Gasteiger partial charge in [-0.25, -0.2) is 4.98 Å². The molecule has 0 unspecified atom stereocenters. The summed E-state index contributed by atoms with van der Waals surface area (Å²) < 4.78 is 0. The van der Waals surface area contributed by atoms with Gasteiger partial charge in [0, 0.05) is 16.6 Å². The molecule has 5 heteroatoms. The van der Waals surface area contributed by atoms with Gasteiger partial charge in [-0.15, -0.1) is 29.1 Å². The molecule has 0 radical (unpaired) electrons. The summed E-state index contributed by atoms with van der Waals surface area (Å²) in [5.41, 5.74) is 2.22. The van der Waals surface area contributed by atoms with Gasteiger partial charge in [-0.05, 0) is 29.6 Å². The van der Waals surface area contributed by atoms with Gasteiger partial charge >= 0.3 is 0 Å². The van der Waals surface area contributed by atoms with Gasteiger partial charge in [-0.3, -0.25) is 4.79 Å². The number of terminal acetylenes is 1. The number of benzene rings is 1. The average molecular weight is 324 g/mol. The van der Waals surface area contributed by atoms with Crippen molar-refractivity contribution in [1.82, 2.24) is 4.98 Å². The molecule has 3 nitrogen and oxygen atoms in total. The Morgan fingerprint density at radius 2 is 2.18 bits per heavy atom. The van der Waals surface area contributed by atoms with Gasteiger partial charge in [0.1, 0.15) is 5.01 Å². The summed E-state index contributed by atoms with van der Waals surface area (Å²) in [5, 5.41) is 7.73. The van der Waals surface area contributed by atoms with Crippen molar-refractivity contribution in [1.29, 1.82) is 0 Å². The SMILES string of the molecule is C#Cc1cccc(NC(=O)Cc2csc(-c3cccs3)n2)c1. The molecule has 1 aromatic carbocycles. The third-order valence-corrected chi connectivity index (χ3v) is 4.87. The fraction of sp³-hybridized carbons (Fsp3) is 0.0588. The van der Waals surface area contributed by atoms with E-state index in [1.54, 1.807) is 28.7 Å².